The van der Waals surface area contributed by atoms with E-state index in [-0.39, 0.29) is 23.5 Å². The van der Waals surface area contributed by atoms with Gasteiger partial charge in [0.15, 0.2) is 5.65 Å². The molecule has 2 aromatic heterocycles. The highest BCUT2D eigenvalue weighted by molar-refractivity contribution is 5.97. The van der Waals surface area contributed by atoms with Crippen LogP contribution in [0, 0.1) is 5.82 Å². The first-order chi connectivity index (χ1) is 17.1. The van der Waals surface area contributed by atoms with Gasteiger partial charge >= 0.3 is 0 Å². The molecule has 2 amide bonds. The SMILES string of the molecule is CC(C)c1cc(-c2ccc(F)cc2)nn2cc(C(=O)N3CCN(C(=O)C4=CCC=N4)CC3(C)C)nc12. The van der Waals surface area contributed by atoms with Crippen molar-refractivity contribution in [3.8, 4) is 11.3 Å². The minimum absolute atomic E-state index is 0.101. The van der Waals surface area contributed by atoms with Crippen LogP contribution in [0.15, 0.2) is 53.3 Å². The predicted octanol–water partition coefficient (Wildman–Crippen LogP) is 4.08. The molecule has 0 aliphatic carbocycles. The van der Waals surface area contributed by atoms with Crippen molar-refractivity contribution in [2.75, 3.05) is 19.6 Å². The second-order valence-corrected chi connectivity index (χ2v) is 10.2. The second-order valence-electron chi connectivity index (χ2n) is 10.2. The standard InChI is InChI=1S/C27H29FN6O2/c1-17(2)20-14-22(18-7-9-19(28)10-8-18)31-34-15-23(30-24(20)34)26(36)33-13-12-32(16-27(33,3)4)25(35)21-6-5-11-29-21/h6-11,14-15,17H,5,12-13,16H2,1-4H3. The van der Waals surface area contributed by atoms with Gasteiger partial charge in [0.2, 0.25) is 0 Å². The molecule has 186 valence electrons. The molecular weight excluding hydrogens is 459 g/mol. The molecule has 2 aliphatic heterocycles. The fraction of sp³-hybridized carbons (Fsp3) is 0.370. The molecule has 5 rings (SSSR count). The van der Waals surface area contributed by atoms with Gasteiger partial charge in [-0.3, -0.25) is 14.6 Å². The third-order valence-electron chi connectivity index (χ3n) is 6.74. The van der Waals surface area contributed by atoms with Gasteiger partial charge in [0.1, 0.15) is 17.2 Å². The van der Waals surface area contributed by atoms with E-state index in [0.717, 1.165) is 11.1 Å². The lowest BCUT2D eigenvalue weighted by molar-refractivity contribution is -0.131. The van der Waals surface area contributed by atoms with Crippen molar-refractivity contribution in [3.05, 3.63) is 65.4 Å². The lowest BCUT2D eigenvalue weighted by atomic mass is 9.98. The molecule has 36 heavy (non-hydrogen) atoms. The van der Waals surface area contributed by atoms with Gasteiger partial charge in [0, 0.05) is 43.4 Å². The molecule has 1 saturated heterocycles. The van der Waals surface area contributed by atoms with Crippen LogP contribution in [0.3, 0.4) is 0 Å². The average molecular weight is 489 g/mol. The number of benzene rings is 1. The number of fused-ring (bicyclic) bond motifs is 1. The van der Waals surface area contributed by atoms with Gasteiger partial charge in [-0.05, 0) is 56.2 Å². The van der Waals surface area contributed by atoms with Gasteiger partial charge in [0.05, 0.1) is 17.4 Å². The predicted molar refractivity (Wildman–Crippen MR) is 135 cm³/mol. The molecule has 0 saturated carbocycles. The Morgan fingerprint density at radius 3 is 2.47 bits per heavy atom. The minimum atomic E-state index is -0.586. The monoisotopic (exact) mass is 488 g/mol. The van der Waals surface area contributed by atoms with E-state index in [1.54, 1.807) is 38.9 Å². The lowest BCUT2D eigenvalue weighted by Gasteiger charge is -2.46. The highest BCUT2D eigenvalue weighted by Gasteiger charge is 2.40. The third-order valence-corrected chi connectivity index (χ3v) is 6.74. The molecule has 4 heterocycles. The zero-order valence-electron chi connectivity index (χ0n) is 20.9. The summed E-state index contributed by atoms with van der Waals surface area (Å²) >= 11 is 0. The third kappa shape index (κ3) is 4.29. The quantitative estimate of drug-likeness (QED) is 0.554. The first-order valence-corrected chi connectivity index (χ1v) is 12.1. The molecule has 3 aromatic rings. The number of aromatic nitrogens is 3. The van der Waals surface area contributed by atoms with Crippen LogP contribution in [-0.4, -0.2) is 67.6 Å². The van der Waals surface area contributed by atoms with Gasteiger partial charge in [-0.1, -0.05) is 13.8 Å². The number of carbonyl (C=O) groups is 2. The number of rotatable bonds is 4. The van der Waals surface area contributed by atoms with Crippen LogP contribution in [0.4, 0.5) is 4.39 Å². The van der Waals surface area contributed by atoms with Crippen LogP contribution in [-0.2, 0) is 4.79 Å². The van der Waals surface area contributed by atoms with E-state index >= 15 is 0 Å². The molecule has 0 atom stereocenters. The molecule has 9 heteroatoms. The molecule has 1 fully saturated rings. The van der Waals surface area contributed by atoms with Gasteiger partial charge in [0.25, 0.3) is 11.8 Å². The number of aliphatic imine (C=N–C) groups is 1. The summed E-state index contributed by atoms with van der Waals surface area (Å²) in [4.78, 5) is 38.8. The zero-order chi connectivity index (χ0) is 25.6. The zero-order valence-corrected chi connectivity index (χ0v) is 20.9. The highest BCUT2D eigenvalue weighted by Crippen LogP contribution is 2.28. The summed E-state index contributed by atoms with van der Waals surface area (Å²) in [6, 6.07) is 8.13. The van der Waals surface area contributed by atoms with E-state index in [0.29, 0.717) is 48.8 Å². The molecule has 8 nitrogen and oxygen atoms in total. The van der Waals surface area contributed by atoms with Crippen molar-refractivity contribution in [1.82, 2.24) is 24.4 Å². The fourth-order valence-corrected chi connectivity index (χ4v) is 4.81. The summed E-state index contributed by atoms with van der Waals surface area (Å²) in [5.74, 6) is -0.473. The van der Waals surface area contributed by atoms with E-state index in [2.05, 4.69) is 28.9 Å². The Hall–Kier alpha value is -3.88. The molecule has 2 aliphatic rings. The van der Waals surface area contributed by atoms with Crippen LogP contribution in [0.1, 0.15) is 56.1 Å². The van der Waals surface area contributed by atoms with Gasteiger partial charge < -0.3 is 9.80 Å². The van der Waals surface area contributed by atoms with Crippen molar-refractivity contribution < 1.29 is 14.0 Å². The van der Waals surface area contributed by atoms with Crippen molar-refractivity contribution in [2.24, 2.45) is 4.99 Å². The second kappa shape index (κ2) is 8.96. The molecule has 0 radical (unpaired) electrons. The summed E-state index contributed by atoms with van der Waals surface area (Å²) in [5, 5.41) is 4.67. The molecule has 0 spiro atoms. The van der Waals surface area contributed by atoms with Crippen molar-refractivity contribution >= 4 is 23.7 Å². The number of nitrogens with zero attached hydrogens (tertiary/aromatic N) is 6. The maximum Gasteiger partial charge on any atom is 0.274 e. The van der Waals surface area contributed by atoms with Crippen LogP contribution >= 0.6 is 0 Å². The molecular formula is C27H29FN6O2. The van der Waals surface area contributed by atoms with Gasteiger partial charge in [-0.25, -0.2) is 13.9 Å². The first-order valence-electron chi connectivity index (χ1n) is 12.1. The van der Waals surface area contributed by atoms with Crippen LogP contribution in [0.25, 0.3) is 16.9 Å². The maximum atomic E-state index is 13.6. The number of imidazole rings is 1. The molecule has 0 N–H and O–H groups in total. The Morgan fingerprint density at radius 2 is 1.83 bits per heavy atom. The summed E-state index contributed by atoms with van der Waals surface area (Å²) in [7, 11) is 0. The Bertz CT molecular complexity index is 1400. The Labute approximate surface area is 209 Å². The smallest absolute Gasteiger partial charge is 0.274 e. The number of piperazine rings is 1. The number of allylic oxidation sites excluding steroid dienone is 1. The fourth-order valence-electron chi connectivity index (χ4n) is 4.81. The van der Waals surface area contributed by atoms with E-state index < -0.39 is 5.54 Å². The van der Waals surface area contributed by atoms with Crippen LogP contribution in [0.5, 0.6) is 0 Å². The van der Waals surface area contributed by atoms with Gasteiger partial charge in [-0.15, -0.1) is 0 Å². The largest absolute Gasteiger partial charge is 0.333 e. The first kappa shape index (κ1) is 23.8. The Morgan fingerprint density at radius 1 is 1.08 bits per heavy atom. The van der Waals surface area contributed by atoms with Crippen molar-refractivity contribution in [2.45, 2.75) is 45.6 Å². The summed E-state index contributed by atoms with van der Waals surface area (Å²) in [5.41, 5.74) is 3.22. The number of amides is 2. The van der Waals surface area contributed by atoms with Gasteiger partial charge in [-0.2, -0.15) is 5.10 Å². The Balaban J connectivity index is 1.44. The minimum Gasteiger partial charge on any atom is -0.333 e. The average Bonchev–Trinajstić information content (AvgIpc) is 3.52. The van der Waals surface area contributed by atoms with Crippen LogP contribution in [0.2, 0.25) is 0 Å². The van der Waals surface area contributed by atoms with E-state index in [1.165, 1.54) is 12.1 Å². The number of hydrogen-bond donors (Lipinski definition) is 0. The topological polar surface area (TPSA) is 83.2 Å². The molecule has 0 unspecified atom stereocenters. The molecule has 1 aromatic carbocycles. The maximum absolute atomic E-state index is 13.6. The summed E-state index contributed by atoms with van der Waals surface area (Å²) < 4.78 is 15.1. The van der Waals surface area contributed by atoms with E-state index in [1.807, 2.05) is 26.0 Å². The summed E-state index contributed by atoms with van der Waals surface area (Å²) in [6.45, 7) is 9.26. The Kier molecular flexibility index (Phi) is 5.94. The van der Waals surface area contributed by atoms with Crippen LogP contribution < -0.4 is 0 Å². The highest BCUT2D eigenvalue weighted by atomic mass is 19.1. The lowest BCUT2D eigenvalue weighted by Crippen LogP contribution is -2.62. The molecule has 0 bridgehead atoms. The number of hydrogen-bond acceptors (Lipinski definition) is 5. The summed E-state index contributed by atoms with van der Waals surface area (Å²) in [6.07, 6.45) is 5.87. The van der Waals surface area contributed by atoms with Crippen molar-refractivity contribution in [1.29, 1.82) is 0 Å². The number of carbonyl (C=O) groups excluding carboxylic acids is 2. The number of halogens is 1. The normalized spacial score (nSPS) is 17.2. The van der Waals surface area contributed by atoms with E-state index in [4.69, 9.17) is 0 Å². The van der Waals surface area contributed by atoms with E-state index in [9.17, 15) is 14.0 Å². The van der Waals surface area contributed by atoms with Crippen molar-refractivity contribution in [3.63, 3.8) is 0 Å².